The highest BCUT2D eigenvalue weighted by Gasteiger charge is 2.40. The van der Waals surface area contributed by atoms with Gasteiger partial charge < -0.3 is 38.6 Å². The second kappa shape index (κ2) is 19.8. The Bertz CT molecular complexity index is 2370. The molecule has 0 bridgehead atoms. The van der Waals surface area contributed by atoms with Gasteiger partial charge in [0.25, 0.3) is 11.8 Å². The molecule has 62 heavy (non-hydrogen) atoms. The molecule has 0 fully saturated rings. The number of amides is 2. The minimum Gasteiger partial charge on any atom is -0.503 e. The third kappa shape index (κ3) is 8.98. The van der Waals surface area contributed by atoms with Crippen LogP contribution in [0, 0.1) is 0 Å². The average molecular weight is 922 g/mol. The molecule has 2 aliphatic heterocycles. The van der Waals surface area contributed by atoms with Crippen molar-refractivity contribution in [3.8, 4) is 11.5 Å². The molecule has 320 valence electrons. The summed E-state index contributed by atoms with van der Waals surface area (Å²) in [6.45, 7) is 2.21. The van der Waals surface area contributed by atoms with Crippen LogP contribution in [0.5, 0.6) is 11.5 Å². The van der Waals surface area contributed by atoms with E-state index in [0.29, 0.717) is 39.4 Å². The number of benzene rings is 4. The number of methoxy groups -OCH3 is 2. The normalized spacial score (nSPS) is 15.9. The highest BCUT2D eigenvalue weighted by atomic mass is 79.9. The lowest BCUT2D eigenvalue weighted by molar-refractivity contribution is 0.0577. The van der Waals surface area contributed by atoms with Crippen LogP contribution in [0.2, 0.25) is 5.02 Å². The maximum Gasteiger partial charge on any atom is 0.274 e. The fraction of sp³-hybridized carbons (Fsp3) is 0.250. The zero-order chi connectivity index (χ0) is 43.9. The van der Waals surface area contributed by atoms with E-state index in [1.165, 1.54) is 6.20 Å². The molecule has 2 aliphatic rings. The first-order valence-electron chi connectivity index (χ1n) is 20.1. The van der Waals surface area contributed by atoms with E-state index in [1.54, 1.807) is 39.4 Å². The number of hydrogen-bond donors (Lipinski definition) is 2. The van der Waals surface area contributed by atoms with Gasteiger partial charge in [0.2, 0.25) is 10.9 Å². The van der Waals surface area contributed by atoms with E-state index in [2.05, 4.69) is 40.2 Å². The van der Waals surface area contributed by atoms with Crippen molar-refractivity contribution in [2.75, 3.05) is 53.6 Å². The summed E-state index contributed by atoms with van der Waals surface area (Å²) >= 11 is 9.40. The fourth-order valence-corrected chi connectivity index (χ4v) is 9.05. The number of ether oxygens (including phenoxy) is 2. The molecular formula is C48H46BrClN4O8. The quantitative estimate of drug-likeness (QED) is 0.129. The Labute approximate surface area is 372 Å². The van der Waals surface area contributed by atoms with Crippen LogP contribution in [0.1, 0.15) is 67.2 Å². The maximum absolute atomic E-state index is 13.2. The molecule has 2 atom stereocenters. The number of fused-ring (bicyclic) bond motifs is 2. The Balaban J connectivity index is 0.000000186. The van der Waals surface area contributed by atoms with E-state index in [0.717, 1.165) is 22.3 Å². The van der Waals surface area contributed by atoms with Gasteiger partial charge in [-0.15, -0.1) is 0 Å². The predicted molar refractivity (Wildman–Crippen MR) is 241 cm³/mol. The van der Waals surface area contributed by atoms with Gasteiger partial charge in [-0.25, -0.2) is 0 Å². The Kier molecular flexibility index (Phi) is 14.1. The zero-order valence-electron chi connectivity index (χ0n) is 34.1. The lowest BCUT2D eigenvalue weighted by Crippen LogP contribution is -2.47. The van der Waals surface area contributed by atoms with Crippen LogP contribution < -0.4 is 10.9 Å². The molecule has 0 saturated carbocycles. The zero-order valence-corrected chi connectivity index (χ0v) is 36.5. The number of aromatic nitrogens is 2. The molecule has 2 N–H and O–H groups in total. The van der Waals surface area contributed by atoms with Gasteiger partial charge in [0.1, 0.15) is 5.02 Å². The molecule has 6 aromatic rings. The van der Waals surface area contributed by atoms with Gasteiger partial charge in [-0.05, 0) is 38.2 Å². The van der Waals surface area contributed by atoms with Crippen LogP contribution in [0.3, 0.4) is 0 Å². The number of rotatable bonds is 12. The summed E-state index contributed by atoms with van der Waals surface area (Å²) in [5.41, 5.74) is 2.91. The number of hydrogen-bond acceptors (Lipinski definition) is 8. The standard InChI is InChI=1S/C24H23BrN2O4.C24H23ClN2O4/c2*1-31-13-12-26-15-19(27-14-18(25)22(28)23(29)21(27)24(26)30)20(16-8-4-2-5-9-16)17-10-6-3-7-11-17/h2*2-11,14,19-20,29H,12-13,15H2,1H3/t2*19-/m11/s1. The third-order valence-corrected chi connectivity index (χ3v) is 12.2. The van der Waals surface area contributed by atoms with Crippen LogP contribution >= 0.6 is 27.5 Å². The third-order valence-electron chi connectivity index (χ3n) is 11.4. The highest BCUT2D eigenvalue weighted by Crippen LogP contribution is 2.42. The molecular weight excluding hydrogens is 876 g/mol. The Morgan fingerprint density at radius 2 is 0.919 bits per heavy atom. The summed E-state index contributed by atoms with van der Waals surface area (Å²) in [7, 11) is 3.15. The Morgan fingerprint density at radius 1 is 0.581 bits per heavy atom. The number of halogens is 2. The SMILES string of the molecule is COCCN1C[C@H](C(c2ccccc2)c2ccccc2)n2cc(Br)c(=O)c(O)c2C1=O.COCCN1C[C@H](C(c2ccccc2)c2ccccc2)n2cc(Cl)c(=O)c(O)c2C1=O. The van der Waals surface area contributed by atoms with Crippen LogP contribution in [-0.4, -0.2) is 94.6 Å². The van der Waals surface area contributed by atoms with Gasteiger partial charge in [0.15, 0.2) is 22.9 Å². The highest BCUT2D eigenvalue weighted by molar-refractivity contribution is 9.10. The Morgan fingerprint density at radius 3 is 1.27 bits per heavy atom. The van der Waals surface area contributed by atoms with Crippen molar-refractivity contribution in [3.05, 3.63) is 197 Å². The van der Waals surface area contributed by atoms with E-state index < -0.39 is 28.3 Å². The summed E-state index contributed by atoms with van der Waals surface area (Å²) in [6, 6.07) is 39.5. The van der Waals surface area contributed by atoms with Gasteiger partial charge in [-0.3, -0.25) is 19.2 Å². The fourth-order valence-electron chi connectivity index (χ4n) is 8.45. The minimum atomic E-state index is -0.746. The first kappa shape index (κ1) is 44.1. The van der Waals surface area contributed by atoms with Crippen molar-refractivity contribution < 1.29 is 29.3 Å². The second-order valence-corrected chi connectivity index (χ2v) is 16.3. The van der Waals surface area contributed by atoms with Crippen molar-refractivity contribution >= 4 is 39.3 Å². The predicted octanol–water partition coefficient (Wildman–Crippen LogP) is 7.47. The Hall–Kier alpha value is -5.99. The van der Waals surface area contributed by atoms with Crippen LogP contribution in [0.25, 0.3) is 0 Å². The van der Waals surface area contributed by atoms with E-state index in [-0.39, 0.29) is 50.7 Å². The van der Waals surface area contributed by atoms with Crippen molar-refractivity contribution in [3.63, 3.8) is 0 Å². The van der Waals surface area contributed by atoms with Gasteiger partial charge in [-0.1, -0.05) is 133 Å². The summed E-state index contributed by atoms with van der Waals surface area (Å²) in [4.78, 5) is 54.4. The number of aromatic hydroxyl groups is 2. The van der Waals surface area contributed by atoms with Crippen molar-refractivity contribution in [1.29, 1.82) is 0 Å². The second-order valence-electron chi connectivity index (χ2n) is 15.0. The van der Waals surface area contributed by atoms with Gasteiger partial charge in [0.05, 0.1) is 29.8 Å². The molecule has 2 amide bonds. The summed E-state index contributed by atoms with van der Waals surface area (Å²) in [5, 5.41) is 21.1. The largest absolute Gasteiger partial charge is 0.503 e. The summed E-state index contributed by atoms with van der Waals surface area (Å²) in [5.74, 6) is -2.20. The topological polar surface area (TPSA) is 144 Å². The summed E-state index contributed by atoms with van der Waals surface area (Å²) < 4.78 is 14.0. The van der Waals surface area contributed by atoms with E-state index in [4.69, 9.17) is 21.1 Å². The molecule has 4 heterocycles. The number of pyridine rings is 2. The van der Waals surface area contributed by atoms with E-state index in [9.17, 15) is 29.4 Å². The van der Waals surface area contributed by atoms with Crippen molar-refractivity contribution in [2.45, 2.75) is 23.9 Å². The van der Waals surface area contributed by atoms with Crippen LogP contribution in [0.4, 0.5) is 0 Å². The lowest BCUT2D eigenvalue weighted by atomic mass is 9.83. The van der Waals surface area contributed by atoms with Crippen molar-refractivity contribution in [2.24, 2.45) is 0 Å². The van der Waals surface area contributed by atoms with E-state index in [1.807, 2.05) is 97.1 Å². The lowest BCUT2D eigenvalue weighted by Gasteiger charge is -2.40. The smallest absolute Gasteiger partial charge is 0.274 e. The van der Waals surface area contributed by atoms with Gasteiger partial charge in [0, 0.05) is 64.6 Å². The molecule has 2 aromatic heterocycles. The summed E-state index contributed by atoms with van der Waals surface area (Å²) in [6.07, 6.45) is 3.08. The number of nitrogens with zero attached hydrogens (tertiary/aromatic N) is 4. The van der Waals surface area contributed by atoms with Crippen LogP contribution in [0.15, 0.2) is 148 Å². The molecule has 0 unspecified atom stereocenters. The van der Waals surface area contributed by atoms with Gasteiger partial charge in [-0.2, -0.15) is 0 Å². The minimum absolute atomic E-state index is 0.0115. The first-order valence-corrected chi connectivity index (χ1v) is 21.3. The van der Waals surface area contributed by atoms with Crippen molar-refractivity contribution in [1.82, 2.24) is 18.9 Å². The molecule has 0 spiro atoms. The molecule has 0 saturated heterocycles. The monoisotopic (exact) mass is 920 g/mol. The first-order chi connectivity index (χ1) is 30.0. The molecule has 8 rings (SSSR count). The molecule has 4 aromatic carbocycles. The average Bonchev–Trinajstić information content (AvgIpc) is 3.29. The van der Waals surface area contributed by atoms with Gasteiger partial charge >= 0.3 is 0 Å². The number of carbonyl (C=O) groups excluding carboxylic acids is 2. The molecule has 0 aliphatic carbocycles. The maximum atomic E-state index is 13.2. The number of carbonyl (C=O) groups is 2. The molecule has 0 radical (unpaired) electrons. The van der Waals surface area contributed by atoms with E-state index >= 15 is 0 Å². The van der Waals surface area contributed by atoms with Crippen LogP contribution in [-0.2, 0) is 9.47 Å². The molecule has 14 heteroatoms. The molecule has 12 nitrogen and oxygen atoms in total.